The molecule has 1 saturated heterocycles. The predicted octanol–water partition coefficient (Wildman–Crippen LogP) is -0.628. The third-order valence-corrected chi connectivity index (χ3v) is 2.97. The summed E-state index contributed by atoms with van der Waals surface area (Å²) in [4.78, 5) is 15.7. The van der Waals surface area contributed by atoms with Gasteiger partial charge in [0.05, 0.1) is 12.5 Å². The van der Waals surface area contributed by atoms with Crippen LogP contribution in [0.25, 0.3) is 0 Å². The van der Waals surface area contributed by atoms with Crippen LogP contribution in [0.15, 0.2) is 0 Å². The Morgan fingerprint density at radius 2 is 2.19 bits per heavy atom. The zero-order chi connectivity index (χ0) is 12.0. The van der Waals surface area contributed by atoms with Crippen molar-refractivity contribution in [2.75, 3.05) is 53.0 Å². The van der Waals surface area contributed by atoms with E-state index in [4.69, 9.17) is 10.5 Å². The third-order valence-electron chi connectivity index (χ3n) is 2.97. The van der Waals surface area contributed by atoms with Gasteiger partial charge in [0.25, 0.3) is 0 Å². The number of rotatable bonds is 5. The topological polar surface area (TPSA) is 58.8 Å². The van der Waals surface area contributed by atoms with Crippen molar-refractivity contribution >= 4 is 5.91 Å². The normalized spacial score (nSPS) is 24.2. The molecule has 0 aromatic rings. The van der Waals surface area contributed by atoms with Crippen LogP contribution < -0.4 is 5.73 Å². The number of nitrogens with zero attached hydrogens (tertiary/aromatic N) is 2. The highest BCUT2D eigenvalue weighted by atomic mass is 16.5. The van der Waals surface area contributed by atoms with Gasteiger partial charge in [0.15, 0.2) is 0 Å². The predicted molar refractivity (Wildman–Crippen MR) is 63.1 cm³/mol. The van der Waals surface area contributed by atoms with Crippen LogP contribution in [0.3, 0.4) is 0 Å². The minimum atomic E-state index is -0.199. The number of primary amides is 1. The zero-order valence-electron chi connectivity index (χ0n) is 10.3. The number of nitrogens with two attached hydrogens (primary N) is 1. The number of carbonyl (C=O) groups is 1. The van der Waals surface area contributed by atoms with Crippen molar-refractivity contribution in [2.24, 2.45) is 11.7 Å². The lowest BCUT2D eigenvalue weighted by Gasteiger charge is -2.21. The highest BCUT2D eigenvalue weighted by molar-refractivity contribution is 5.77. The first-order chi connectivity index (χ1) is 7.63. The van der Waals surface area contributed by atoms with E-state index in [0.29, 0.717) is 0 Å². The number of amides is 1. The van der Waals surface area contributed by atoms with Gasteiger partial charge in [0.1, 0.15) is 0 Å². The number of hydrogen-bond donors (Lipinski definition) is 1. The van der Waals surface area contributed by atoms with Crippen molar-refractivity contribution in [1.29, 1.82) is 0 Å². The maximum Gasteiger partial charge on any atom is 0.223 e. The molecule has 0 radical (unpaired) electrons. The molecular weight excluding hydrogens is 206 g/mol. The molecule has 5 heteroatoms. The van der Waals surface area contributed by atoms with Crippen LogP contribution in [0.4, 0.5) is 0 Å². The average molecular weight is 229 g/mol. The number of likely N-dealkylation sites (N-methyl/N-ethyl adjacent to an activating group) is 1. The fraction of sp³-hybridized carbons (Fsp3) is 0.909. The second-order valence-corrected chi connectivity index (χ2v) is 4.36. The van der Waals surface area contributed by atoms with Crippen molar-refractivity contribution in [3.63, 3.8) is 0 Å². The van der Waals surface area contributed by atoms with Crippen LogP contribution in [0.1, 0.15) is 6.92 Å². The lowest BCUT2D eigenvalue weighted by atomic mass is 10.1. The summed E-state index contributed by atoms with van der Waals surface area (Å²) in [7, 11) is 2.03. The highest BCUT2D eigenvalue weighted by Crippen LogP contribution is 2.07. The van der Waals surface area contributed by atoms with Gasteiger partial charge in [-0.1, -0.05) is 0 Å². The minimum Gasteiger partial charge on any atom is -0.380 e. The summed E-state index contributed by atoms with van der Waals surface area (Å²) in [5.41, 5.74) is 5.39. The van der Waals surface area contributed by atoms with Crippen LogP contribution in [0, 0.1) is 5.92 Å². The van der Waals surface area contributed by atoms with Gasteiger partial charge in [-0.15, -0.1) is 0 Å². The van der Waals surface area contributed by atoms with Crippen LogP contribution in [-0.2, 0) is 9.53 Å². The SMILES string of the molecule is CCOCCN1CCN(C)C[C@@H](C(N)=O)C1. The molecular formula is C11H23N3O2. The highest BCUT2D eigenvalue weighted by Gasteiger charge is 2.24. The van der Waals surface area contributed by atoms with Crippen LogP contribution in [-0.4, -0.2) is 68.7 Å². The molecule has 0 aromatic carbocycles. The van der Waals surface area contributed by atoms with Gasteiger partial charge < -0.3 is 15.4 Å². The van der Waals surface area contributed by atoms with E-state index in [2.05, 4.69) is 9.80 Å². The Morgan fingerprint density at radius 1 is 1.44 bits per heavy atom. The Morgan fingerprint density at radius 3 is 2.81 bits per heavy atom. The Hall–Kier alpha value is -0.650. The third kappa shape index (κ3) is 4.47. The molecule has 1 heterocycles. The largest absolute Gasteiger partial charge is 0.380 e. The molecule has 0 aromatic heterocycles. The molecule has 0 unspecified atom stereocenters. The van der Waals surface area contributed by atoms with Gasteiger partial charge >= 0.3 is 0 Å². The average Bonchev–Trinajstić information content (AvgIpc) is 2.41. The van der Waals surface area contributed by atoms with Crippen molar-refractivity contribution in [3.8, 4) is 0 Å². The number of ether oxygens (including phenoxy) is 1. The summed E-state index contributed by atoms with van der Waals surface area (Å²) in [6, 6.07) is 0. The summed E-state index contributed by atoms with van der Waals surface area (Å²) in [6.07, 6.45) is 0. The Labute approximate surface area is 97.5 Å². The molecule has 1 aliphatic heterocycles. The fourth-order valence-electron chi connectivity index (χ4n) is 1.96. The molecule has 0 bridgehead atoms. The molecule has 0 spiro atoms. The van der Waals surface area contributed by atoms with E-state index < -0.39 is 0 Å². The molecule has 1 aliphatic rings. The van der Waals surface area contributed by atoms with Crippen molar-refractivity contribution in [2.45, 2.75) is 6.92 Å². The van der Waals surface area contributed by atoms with Crippen molar-refractivity contribution < 1.29 is 9.53 Å². The van der Waals surface area contributed by atoms with E-state index in [-0.39, 0.29) is 11.8 Å². The molecule has 0 aliphatic carbocycles. The van der Waals surface area contributed by atoms with E-state index >= 15 is 0 Å². The van der Waals surface area contributed by atoms with Gasteiger partial charge in [-0.2, -0.15) is 0 Å². The van der Waals surface area contributed by atoms with Crippen molar-refractivity contribution in [3.05, 3.63) is 0 Å². The minimum absolute atomic E-state index is 0.0610. The monoisotopic (exact) mass is 229 g/mol. The lowest BCUT2D eigenvalue weighted by molar-refractivity contribution is -0.122. The smallest absolute Gasteiger partial charge is 0.223 e. The summed E-state index contributed by atoms with van der Waals surface area (Å²) >= 11 is 0. The second kappa shape index (κ2) is 6.83. The first-order valence-electron chi connectivity index (χ1n) is 5.91. The summed E-state index contributed by atoms with van der Waals surface area (Å²) in [6.45, 7) is 7.82. The first kappa shape index (κ1) is 13.4. The summed E-state index contributed by atoms with van der Waals surface area (Å²) in [5, 5.41) is 0. The molecule has 1 rings (SSSR count). The summed E-state index contributed by atoms with van der Waals surface area (Å²) < 4.78 is 5.33. The van der Waals surface area contributed by atoms with Gasteiger partial charge in [-0.05, 0) is 14.0 Å². The fourth-order valence-corrected chi connectivity index (χ4v) is 1.96. The van der Waals surface area contributed by atoms with Gasteiger partial charge in [-0.25, -0.2) is 0 Å². The van der Waals surface area contributed by atoms with Crippen LogP contribution in [0.5, 0.6) is 0 Å². The number of carbonyl (C=O) groups excluding carboxylic acids is 1. The molecule has 0 saturated carbocycles. The molecule has 16 heavy (non-hydrogen) atoms. The number of hydrogen-bond acceptors (Lipinski definition) is 4. The molecule has 1 fully saturated rings. The van der Waals surface area contributed by atoms with E-state index in [1.165, 1.54) is 0 Å². The van der Waals surface area contributed by atoms with Crippen LogP contribution in [0.2, 0.25) is 0 Å². The van der Waals surface area contributed by atoms with E-state index in [1.807, 2.05) is 14.0 Å². The van der Waals surface area contributed by atoms with E-state index in [0.717, 1.165) is 45.9 Å². The molecule has 1 amide bonds. The maximum absolute atomic E-state index is 11.3. The van der Waals surface area contributed by atoms with Crippen molar-refractivity contribution in [1.82, 2.24) is 9.80 Å². The molecule has 2 N–H and O–H groups in total. The Bertz CT molecular complexity index is 223. The van der Waals surface area contributed by atoms with E-state index in [1.54, 1.807) is 0 Å². The Balaban J connectivity index is 2.42. The van der Waals surface area contributed by atoms with Gasteiger partial charge in [0, 0.05) is 39.3 Å². The quantitative estimate of drug-likeness (QED) is 0.638. The van der Waals surface area contributed by atoms with Gasteiger partial charge in [0.2, 0.25) is 5.91 Å². The maximum atomic E-state index is 11.3. The zero-order valence-corrected chi connectivity index (χ0v) is 10.3. The molecule has 5 nitrogen and oxygen atoms in total. The Kier molecular flexibility index (Phi) is 5.73. The summed E-state index contributed by atoms with van der Waals surface area (Å²) in [5.74, 6) is -0.260. The first-order valence-corrected chi connectivity index (χ1v) is 5.91. The molecule has 1 atom stereocenters. The molecule has 94 valence electrons. The van der Waals surface area contributed by atoms with E-state index in [9.17, 15) is 4.79 Å². The second-order valence-electron chi connectivity index (χ2n) is 4.36. The lowest BCUT2D eigenvalue weighted by Crippen LogP contribution is -2.38. The van der Waals surface area contributed by atoms with Gasteiger partial charge in [-0.3, -0.25) is 9.69 Å². The van der Waals surface area contributed by atoms with Crippen LogP contribution >= 0.6 is 0 Å². The standard InChI is InChI=1S/C11H23N3O2/c1-3-16-7-6-14-5-4-13(2)8-10(9-14)11(12)15/h10H,3-9H2,1-2H3,(H2,12,15)/t10-/m1/s1.